The predicted octanol–water partition coefficient (Wildman–Crippen LogP) is 2.55. The Balaban J connectivity index is 1.99. The van der Waals surface area contributed by atoms with E-state index in [1.807, 2.05) is 13.2 Å². The van der Waals surface area contributed by atoms with Crippen LogP contribution in [0.5, 0.6) is 5.75 Å². The molecule has 0 saturated heterocycles. The van der Waals surface area contributed by atoms with E-state index in [0.717, 1.165) is 17.7 Å². The zero-order valence-corrected chi connectivity index (χ0v) is 10.8. The lowest BCUT2D eigenvalue weighted by Gasteiger charge is -2.09. The van der Waals surface area contributed by atoms with Gasteiger partial charge in [0.05, 0.1) is 12.7 Å². The van der Waals surface area contributed by atoms with Gasteiger partial charge in [-0.25, -0.2) is 0 Å². The number of nitrogens with zero attached hydrogens (tertiary/aromatic N) is 2. The van der Waals surface area contributed by atoms with Gasteiger partial charge in [-0.1, -0.05) is 12.1 Å². The first-order valence-electron chi connectivity index (χ1n) is 5.97. The van der Waals surface area contributed by atoms with Crippen molar-refractivity contribution in [2.24, 2.45) is 0 Å². The Labute approximate surface area is 114 Å². The molecule has 4 nitrogen and oxygen atoms in total. The van der Waals surface area contributed by atoms with Gasteiger partial charge in [0.1, 0.15) is 5.75 Å². The van der Waals surface area contributed by atoms with Gasteiger partial charge >= 0.3 is 6.36 Å². The number of hydrogen-bond acceptors (Lipinski definition) is 3. The minimum Gasteiger partial charge on any atom is -0.406 e. The first-order valence-corrected chi connectivity index (χ1v) is 5.97. The molecule has 2 aromatic rings. The fourth-order valence-electron chi connectivity index (χ4n) is 1.77. The summed E-state index contributed by atoms with van der Waals surface area (Å²) in [5.74, 6) is -0.224. The average molecular weight is 285 g/mol. The molecule has 1 aromatic carbocycles. The second-order valence-corrected chi connectivity index (χ2v) is 4.27. The van der Waals surface area contributed by atoms with Crippen LogP contribution in [-0.2, 0) is 13.1 Å². The smallest absolute Gasteiger partial charge is 0.406 e. The number of rotatable bonds is 5. The SMILES string of the molecule is CNCc1cnn(Cc2ccc(OC(F)(F)F)cc2)c1. The Bertz CT molecular complexity index is 549. The minimum atomic E-state index is -4.66. The molecule has 20 heavy (non-hydrogen) atoms. The maximum absolute atomic E-state index is 12.0. The maximum atomic E-state index is 12.0. The number of benzene rings is 1. The summed E-state index contributed by atoms with van der Waals surface area (Å²) >= 11 is 0. The van der Waals surface area contributed by atoms with Gasteiger partial charge in [-0.3, -0.25) is 4.68 Å². The number of ether oxygens (including phenoxy) is 1. The minimum absolute atomic E-state index is 0.224. The van der Waals surface area contributed by atoms with E-state index in [2.05, 4.69) is 15.2 Å². The molecule has 0 amide bonds. The standard InChI is InChI=1S/C13H14F3N3O/c1-17-6-11-7-18-19(9-11)8-10-2-4-12(5-3-10)20-13(14,15)16/h2-5,7,9,17H,6,8H2,1H3. The number of aromatic nitrogens is 2. The van der Waals surface area contributed by atoms with Gasteiger partial charge in [-0.2, -0.15) is 5.10 Å². The van der Waals surface area contributed by atoms with Gasteiger partial charge in [0.2, 0.25) is 0 Å². The molecular formula is C13H14F3N3O. The number of hydrogen-bond donors (Lipinski definition) is 1. The lowest BCUT2D eigenvalue weighted by Crippen LogP contribution is -2.17. The van der Waals surface area contributed by atoms with E-state index < -0.39 is 6.36 Å². The second kappa shape index (κ2) is 5.96. The van der Waals surface area contributed by atoms with Gasteiger partial charge < -0.3 is 10.1 Å². The van der Waals surface area contributed by atoms with Crippen LogP contribution in [0.2, 0.25) is 0 Å². The monoisotopic (exact) mass is 285 g/mol. The molecule has 1 heterocycles. The average Bonchev–Trinajstić information content (AvgIpc) is 2.78. The molecule has 0 saturated carbocycles. The van der Waals surface area contributed by atoms with Crippen LogP contribution in [0, 0.1) is 0 Å². The summed E-state index contributed by atoms with van der Waals surface area (Å²) in [6, 6.07) is 5.75. The van der Waals surface area contributed by atoms with E-state index in [4.69, 9.17) is 0 Å². The fraction of sp³-hybridized carbons (Fsp3) is 0.308. The Hall–Kier alpha value is -2.02. The van der Waals surface area contributed by atoms with Crippen molar-refractivity contribution in [1.82, 2.24) is 15.1 Å². The van der Waals surface area contributed by atoms with E-state index in [1.54, 1.807) is 23.0 Å². The number of alkyl halides is 3. The van der Waals surface area contributed by atoms with Crippen LogP contribution in [0.15, 0.2) is 36.7 Å². The molecule has 1 N–H and O–H groups in total. The largest absolute Gasteiger partial charge is 0.573 e. The molecule has 0 bridgehead atoms. The third-order valence-corrected chi connectivity index (χ3v) is 2.57. The third-order valence-electron chi connectivity index (χ3n) is 2.57. The van der Waals surface area contributed by atoms with Crippen molar-refractivity contribution in [3.63, 3.8) is 0 Å². The summed E-state index contributed by atoms with van der Waals surface area (Å²) in [7, 11) is 1.84. The predicted molar refractivity (Wildman–Crippen MR) is 67.2 cm³/mol. The highest BCUT2D eigenvalue weighted by molar-refractivity contribution is 5.27. The van der Waals surface area contributed by atoms with Crippen molar-refractivity contribution in [3.05, 3.63) is 47.8 Å². The maximum Gasteiger partial charge on any atom is 0.573 e. The topological polar surface area (TPSA) is 39.1 Å². The normalized spacial score (nSPS) is 11.6. The van der Waals surface area contributed by atoms with E-state index in [9.17, 15) is 13.2 Å². The Morgan fingerprint density at radius 2 is 1.90 bits per heavy atom. The van der Waals surface area contributed by atoms with Crippen molar-refractivity contribution in [2.75, 3.05) is 7.05 Å². The molecule has 0 aliphatic carbocycles. The zero-order chi connectivity index (χ0) is 14.6. The van der Waals surface area contributed by atoms with Crippen LogP contribution >= 0.6 is 0 Å². The van der Waals surface area contributed by atoms with Crippen molar-refractivity contribution in [2.45, 2.75) is 19.5 Å². The summed E-state index contributed by atoms with van der Waals surface area (Å²) in [6.07, 6.45) is -1.03. The first-order chi connectivity index (χ1) is 9.46. The van der Waals surface area contributed by atoms with Crippen LogP contribution in [0.25, 0.3) is 0 Å². The number of halogens is 3. The molecular weight excluding hydrogens is 271 g/mol. The zero-order valence-electron chi connectivity index (χ0n) is 10.8. The quantitative estimate of drug-likeness (QED) is 0.917. The molecule has 0 unspecified atom stereocenters. The summed E-state index contributed by atoms with van der Waals surface area (Å²) in [6.45, 7) is 1.22. The van der Waals surface area contributed by atoms with Crippen molar-refractivity contribution in [1.29, 1.82) is 0 Å². The first kappa shape index (κ1) is 14.4. The lowest BCUT2D eigenvalue weighted by molar-refractivity contribution is -0.274. The van der Waals surface area contributed by atoms with Crippen molar-refractivity contribution >= 4 is 0 Å². The van der Waals surface area contributed by atoms with Gasteiger partial charge in [0.15, 0.2) is 0 Å². The lowest BCUT2D eigenvalue weighted by atomic mass is 10.2. The second-order valence-electron chi connectivity index (χ2n) is 4.27. The highest BCUT2D eigenvalue weighted by atomic mass is 19.4. The highest BCUT2D eigenvalue weighted by Crippen LogP contribution is 2.22. The molecule has 0 atom stereocenters. The van der Waals surface area contributed by atoms with Crippen LogP contribution in [-0.4, -0.2) is 23.2 Å². The van der Waals surface area contributed by atoms with E-state index in [1.165, 1.54) is 12.1 Å². The summed E-state index contributed by atoms with van der Waals surface area (Å²) < 4.78 is 41.6. The molecule has 7 heteroatoms. The van der Waals surface area contributed by atoms with Crippen LogP contribution < -0.4 is 10.1 Å². The van der Waals surface area contributed by atoms with E-state index in [0.29, 0.717) is 6.54 Å². The molecule has 0 aliphatic rings. The van der Waals surface area contributed by atoms with Crippen LogP contribution in [0.4, 0.5) is 13.2 Å². The van der Waals surface area contributed by atoms with E-state index >= 15 is 0 Å². The summed E-state index contributed by atoms with van der Waals surface area (Å²) in [4.78, 5) is 0. The molecule has 0 radical (unpaired) electrons. The summed E-state index contributed by atoms with van der Waals surface area (Å²) in [5, 5.41) is 7.19. The Morgan fingerprint density at radius 3 is 2.50 bits per heavy atom. The molecule has 0 spiro atoms. The van der Waals surface area contributed by atoms with Crippen LogP contribution in [0.1, 0.15) is 11.1 Å². The third kappa shape index (κ3) is 4.27. The molecule has 0 fully saturated rings. The Kier molecular flexibility index (Phi) is 4.29. The summed E-state index contributed by atoms with van der Waals surface area (Å²) in [5.41, 5.74) is 1.89. The van der Waals surface area contributed by atoms with Gasteiger partial charge in [0, 0.05) is 18.3 Å². The van der Waals surface area contributed by atoms with Crippen LogP contribution in [0.3, 0.4) is 0 Å². The fourth-order valence-corrected chi connectivity index (χ4v) is 1.77. The van der Waals surface area contributed by atoms with Crippen molar-refractivity contribution in [3.8, 4) is 5.75 Å². The van der Waals surface area contributed by atoms with Gasteiger partial charge in [-0.15, -0.1) is 13.2 Å². The Morgan fingerprint density at radius 1 is 1.20 bits per heavy atom. The molecule has 1 aromatic heterocycles. The molecule has 2 rings (SSSR count). The molecule has 0 aliphatic heterocycles. The highest BCUT2D eigenvalue weighted by Gasteiger charge is 2.30. The van der Waals surface area contributed by atoms with Crippen molar-refractivity contribution < 1.29 is 17.9 Å². The molecule has 108 valence electrons. The van der Waals surface area contributed by atoms with Gasteiger partial charge in [-0.05, 0) is 24.7 Å². The number of nitrogens with one attached hydrogen (secondary N) is 1. The van der Waals surface area contributed by atoms with Gasteiger partial charge in [0.25, 0.3) is 0 Å². The van der Waals surface area contributed by atoms with E-state index in [-0.39, 0.29) is 5.75 Å².